The Morgan fingerprint density at radius 2 is 1.31 bits per heavy atom. The Kier molecular flexibility index (Phi) is 4.49. The summed E-state index contributed by atoms with van der Waals surface area (Å²) in [4.78, 5) is 0. The van der Waals surface area contributed by atoms with E-state index in [1.165, 1.54) is 12.1 Å². The molecule has 0 aromatic heterocycles. The molecule has 4 rings (SSSR count). The predicted molar refractivity (Wildman–Crippen MR) is 97.6 cm³/mol. The third-order valence-electron chi connectivity index (χ3n) is 4.08. The summed E-state index contributed by atoms with van der Waals surface area (Å²) in [6, 6.07) is 23.9. The Hall–Kier alpha value is -2.62. The van der Waals surface area contributed by atoms with Crippen LogP contribution in [-0.2, 0) is 4.57 Å². The first-order chi connectivity index (χ1) is 12.6. The van der Waals surface area contributed by atoms with Crippen molar-refractivity contribution in [3.05, 3.63) is 96.3 Å². The first-order valence-electron chi connectivity index (χ1n) is 8.26. The molecule has 1 saturated heterocycles. The first-order valence-corrected chi connectivity index (χ1v) is 9.75. The Morgan fingerprint density at radius 1 is 0.808 bits per heavy atom. The van der Waals surface area contributed by atoms with E-state index in [0.717, 1.165) is 5.56 Å². The summed E-state index contributed by atoms with van der Waals surface area (Å²) in [5.41, 5.74) is 0.875. The smallest absolute Gasteiger partial charge is 0.404 e. The molecule has 0 N–H and O–H groups in total. The van der Waals surface area contributed by atoms with Crippen molar-refractivity contribution in [2.24, 2.45) is 0 Å². The molecule has 6 heteroatoms. The van der Waals surface area contributed by atoms with Crippen LogP contribution in [0.3, 0.4) is 0 Å². The quantitative estimate of drug-likeness (QED) is 0.428. The summed E-state index contributed by atoms with van der Waals surface area (Å²) in [5.74, 6) is 0.637. The lowest BCUT2D eigenvalue weighted by molar-refractivity contribution is 0.345. The Labute approximate surface area is 151 Å². The zero-order valence-electron chi connectivity index (χ0n) is 13.9. The van der Waals surface area contributed by atoms with E-state index in [1.54, 1.807) is 41.1 Å². The van der Waals surface area contributed by atoms with Crippen LogP contribution in [-0.4, -0.2) is 11.2 Å². The lowest BCUT2D eigenvalue weighted by atomic mass is 10.2. The van der Waals surface area contributed by atoms with E-state index in [0.29, 0.717) is 18.0 Å². The maximum Gasteiger partial charge on any atom is 0.516 e. The summed E-state index contributed by atoms with van der Waals surface area (Å²) in [5, 5.41) is 0. The van der Waals surface area contributed by atoms with Crippen LogP contribution < -0.4 is 9.05 Å². The molecule has 26 heavy (non-hydrogen) atoms. The monoisotopic (exact) mass is 369 g/mol. The fraction of sp³-hybridized carbons (Fsp3) is 0.100. The van der Waals surface area contributed by atoms with Crippen LogP contribution in [0.25, 0.3) is 0 Å². The van der Waals surface area contributed by atoms with E-state index in [9.17, 15) is 8.96 Å². The normalized spacial score (nSPS) is 19.0. The molecule has 1 heterocycles. The van der Waals surface area contributed by atoms with Gasteiger partial charge < -0.3 is 9.05 Å². The van der Waals surface area contributed by atoms with Crippen LogP contribution in [0.4, 0.5) is 4.39 Å². The number of para-hydroxylation sites is 2. The number of rotatable bonds is 6. The third-order valence-corrected chi connectivity index (χ3v) is 6.04. The second-order valence-corrected chi connectivity index (χ2v) is 7.78. The molecule has 1 aliphatic heterocycles. The largest absolute Gasteiger partial charge is 0.516 e. The van der Waals surface area contributed by atoms with Crippen LogP contribution in [0.1, 0.15) is 11.6 Å². The summed E-state index contributed by atoms with van der Waals surface area (Å²) < 4.78 is 40.0. The fourth-order valence-corrected chi connectivity index (χ4v) is 4.57. The first kappa shape index (κ1) is 16.8. The maximum absolute atomic E-state index is 13.6. The van der Waals surface area contributed by atoms with Crippen LogP contribution in [0, 0.1) is 5.82 Å². The van der Waals surface area contributed by atoms with Gasteiger partial charge in [-0.05, 0) is 42.0 Å². The molecule has 0 amide bonds. The minimum absolute atomic E-state index is 0.131. The second-order valence-electron chi connectivity index (χ2n) is 5.97. The van der Waals surface area contributed by atoms with Crippen LogP contribution in [0.15, 0.2) is 84.9 Å². The van der Waals surface area contributed by atoms with E-state index < -0.39 is 7.75 Å². The van der Waals surface area contributed by atoms with Crippen molar-refractivity contribution in [3.63, 3.8) is 0 Å². The molecule has 0 spiro atoms. The van der Waals surface area contributed by atoms with E-state index >= 15 is 0 Å². The molecule has 0 saturated carbocycles. The molecule has 2 atom stereocenters. The van der Waals surface area contributed by atoms with Gasteiger partial charge in [-0.2, -0.15) is 4.67 Å². The molecule has 2 unspecified atom stereocenters. The van der Waals surface area contributed by atoms with Crippen LogP contribution >= 0.6 is 7.75 Å². The number of benzene rings is 3. The summed E-state index contributed by atoms with van der Waals surface area (Å²) in [6.45, 7) is 0.516. The molecule has 4 nitrogen and oxygen atoms in total. The van der Waals surface area contributed by atoms with Crippen LogP contribution in [0.2, 0.25) is 0 Å². The molecule has 0 bridgehead atoms. The number of halogens is 1. The minimum atomic E-state index is -3.62. The highest BCUT2D eigenvalue weighted by molar-refractivity contribution is 7.52. The van der Waals surface area contributed by atoms with Crippen molar-refractivity contribution in [1.82, 2.24) is 4.67 Å². The minimum Gasteiger partial charge on any atom is -0.404 e. The van der Waals surface area contributed by atoms with Crippen molar-refractivity contribution in [2.75, 3.05) is 6.54 Å². The van der Waals surface area contributed by atoms with Gasteiger partial charge in [0, 0.05) is 6.54 Å². The lowest BCUT2D eigenvalue weighted by Crippen LogP contribution is -2.09. The average molecular weight is 369 g/mol. The number of hydrogen-bond acceptors (Lipinski definition) is 3. The van der Waals surface area contributed by atoms with E-state index in [-0.39, 0.29) is 11.9 Å². The van der Waals surface area contributed by atoms with Crippen molar-refractivity contribution in [2.45, 2.75) is 6.04 Å². The van der Waals surface area contributed by atoms with Gasteiger partial charge >= 0.3 is 7.75 Å². The number of hydrogen-bond donors (Lipinski definition) is 0. The van der Waals surface area contributed by atoms with Gasteiger partial charge in [0.25, 0.3) is 0 Å². The van der Waals surface area contributed by atoms with E-state index in [4.69, 9.17) is 9.05 Å². The van der Waals surface area contributed by atoms with Crippen molar-refractivity contribution in [1.29, 1.82) is 0 Å². The molecule has 0 radical (unpaired) electrons. The van der Waals surface area contributed by atoms with Gasteiger partial charge in [-0.15, -0.1) is 0 Å². The molecule has 3 aromatic carbocycles. The summed E-state index contributed by atoms with van der Waals surface area (Å²) in [7, 11) is -3.62. The van der Waals surface area contributed by atoms with Gasteiger partial charge in [0.15, 0.2) is 0 Å². The van der Waals surface area contributed by atoms with E-state index in [1.807, 2.05) is 36.4 Å². The van der Waals surface area contributed by atoms with Gasteiger partial charge in [-0.25, -0.2) is 8.96 Å². The maximum atomic E-state index is 13.6. The zero-order valence-corrected chi connectivity index (χ0v) is 14.8. The van der Waals surface area contributed by atoms with Crippen molar-refractivity contribution in [3.8, 4) is 11.5 Å². The van der Waals surface area contributed by atoms with Gasteiger partial charge in [0.05, 0.1) is 6.04 Å². The molecular formula is C20H17FNO3P. The highest BCUT2D eigenvalue weighted by atomic mass is 31.2. The van der Waals surface area contributed by atoms with E-state index in [2.05, 4.69) is 0 Å². The molecule has 3 aromatic rings. The van der Waals surface area contributed by atoms with Gasteiger partial charge in [0.2, 0.25) is 0 Å². The second kappa shape index (κ2) is 6.94. The lowest BCUT2D eigenvalue weighted by Gasteiger charge is -2.21. The molecule has 1 fully saturated rings. The van der Waals surface area contributed by atoms with Crippen molar-refractivity contribution < 1.29 is 18.0 Å². The third kappa shape index (κ3) is 3.64. The zero-order chi connectivity index (χ0) is 18.0. The van der Waals surface area contributed by atoms with Gasteiger partial charge in [0.1, 0.15) is 17.3 Å². The predicted octanol–water partition coefficient (Wildman–Crippen LogP) is 5.45. The van der Waals surface area contributed by atoms with Crippen LogP contribution in [0.5, 0.6) is 11.5 Å². The fourth-order valence-electron chi connectivity index (χ4n) is 2.72. The standard InChI is InChI=1S/C20H17FNO3P/c21-17-13-11-16(12-14-17)20-15-22(20)26(23,24-18-7-3-1-4-8-18)25-19-9-5-2-6-10-19/h1-14,20H,15H2. The number of nitrogens with zero attached hydrogens (tertiary/aromatic N) is 1. The van der Waals surface area contributed by atoms with Crippen molar-refractivity contribution >= 4 is 7.75 Å². The SMILES string of the molecule is O=P(Oc1ccccc1)(Oc1ccccc1)N1CC1c1ccc(F)cc1. The Bertz CT molecular complexity index is 873. The Morgan fingerprint density at radius 3 is 1.81 bits per heavy atom. The highest BCUT2D eigenvalue weighted by Gasteiger charge is 2.53. The Balaban J connectivity index is 1.60. The summed E-state index contributed by atoms with van der Waals surface area (Å²) in [6.07, 6.45) is 0. The van der Waals surface area contributed by atoms with Gasteiger partial charge in [-0.1, -0.05) is 48.5 Å². The highest BCUT2D eigenvalue weighted by Crippen LogP contribution is 2.62. The molecule has 1 aliphatic rings. The molecule has 0 aliphatic carbocycles. The summed E-state index contributed by atoms with van der Waals surface area (Å²) >= 11 is 0. The molecule has 132 valence electrons. The molecular weight excluding hydrogens is 352 g/mol. The topological polar surface area (TPSA) is 38.5 Å². The van der Waals surface area contributed by atoms with Gasteiger partial charge in [-0.3, -0.25) is 0 Å². The average Bonchev–Trinajstić information content (AvgIpc) is 3.46.